The van der Waals surface area contributed by atoms with E-state index in [1.807, 2.05) is 0 Å². The highest BCUT2D eigenvalue weighted by Crippen LogP contribution is 2.37. The molecule has 0 radical (unpaired) electrons. The van der Waals surface area contributed by atoms with Crippen LogP contribution in [0.15, 0.2) is 12.3 Å². The number of pyridine rings is 1. The standard InChI is InChI=1S/C13H11F6N3/c14-12(15,16)7-22(8-2-1-3-8)9-4-10(13(17,18)19)11(5-20)21-6-9/h4,6,8H,1-3,7H2. The van der Waals surface area contributed by atoms with Crippen molar-refractivity contribution in [2.75, 3.05) is 11.4 Å². The van der Waals surface area contributed by atoms with Crippen molar-refractivity contribution in [1.29, 1.82) is 5.26 Å². The van der Waals surface area contributed by atoms with Gasteiger partial charge in [0, 0.05) is 6.04 Å². The van der Waals surface area contributed by atoms with Crippen LogP contribution in [0.3, 0.4) is 0 Å². The topological polar surface area (TPSA) is 39.9 Å². The van der Waals surface area contributed by atoms with Crippen LogP contribution in [-0.4, -0.2) is 23.7 Å². The minimum absolute atomic E-state index is 0.270. The van der Waals surface area contributed by atoms with Gasteiger partial charge in [0.05, 0.1) is 17.4 Å². The van der Waals surface area contributed by atoms with Gasteiger partial charge in [-0.1, -0.05) is 0 Å². The SMILES string of the molecule is N#Cc1ncc(N(CC(F)(F)F)C2CCC2)cc1C(F)(F)F. The van der Waals surface area contributed by atoms with Gasteiger partial charge < -0.3 is 4.90 Å². The summed E-state index contributed by atoms with van der Waals surface area (Å²) in [5.41, 5.74) is -2.44. The molecule has 1 aromatic rings. The zero-order chi connectivity index (χ0) is 16.5. The minimum atomic E-state index is -4.85. The molecular weight excluding hydrogens is 312 g/mol. The number of nitrogens with zero attached hydrogens (tertiary/aromatic N) is 3. The zero-order valence-corrected chi connectivity index (χ0v) is 11.2. The maximum atomic E-state index is 12.9. The number of rotatable bonds is 3. The third kappa shape index (κ3) is 3.61. The van der Waals surface area contributed by atoms with Gasteiger partial charge in [0.15, 0.2) is 5.69 Å². The molecule has 0 atom stereocenters. The fraction of sp³-hybridized carbons (Fsp3) is 0.538. The summed E-state index contributed by atoms with van der Waals surface area (Å²) in [6.07, 6.45) is -6.80. The van der Waals surface area contributed by atoms with Crippen molar-refractivity contribution in [3.63, 3.8) is 0 Å². The molecule has 0 N–H and O–H groups in total. The minimum Gasteiger partial charge on any atom is -0.358 e. The predicted molar refractivity (Wildman–Crippen MR) is 65.0 cm³/mol. The maximum Gasteiger partial charge on any atom is 0.419 e. The Balaban J connectivity index is 2.42. The summed E-state index contributed by atoms with van der Waals surface area (Å²) in [5.74, 6) is 0. The van der Waals surface area contributed by atoms with Crippen molar-refractivity contribution in [3.05, 3.63) is 23.5 Å². The fourth-order valence-corrected chi connectivity index (χ4v) is 2.24. The molecule has 0 saturated heterocycles. The summed E-state index contributed by atoms with van der Waals surface area (Å²) < 4.78 is 76.6. The predicted octanol–water partition coefficient (Wildman–Crippen LogP) is 3.89. The summed E-state index contributed by atoms with van der Waals surface area (Å²) in [6, 6.07) is 1.41. The molecule has 0 unspecified atom stereocenters. The summed E-state index contributed by atoms with van der Waals surface area (Å²) in [4.78, 5) is 4.25. The maximum absolute atomic E-state index is 12.9. The first-order valence-electron chi connectivity index (χ1n) is 6.42. The number of hydrogen-bond donors (Lipinski definition) is 0. The van der Waals surface area contributed by atoms with Gasteiger partial charge in [-0.2, -0.15) is 31.6 Å². The van der Waals surface area contributed by atoms with Crippen LogP contribution >= 0.6 is 0 Å². The number of aromatic nitrogens is 1. The van der Waals surface area contributed by atoms with Gasteiger partial charge in [0.25, 0.3) is 0 Å². The van der Waals surface area contributed by atoms with Crippen LogP contribution in [0.2, 0.25) is 0 Å². The zero-order valence-electron chi connectivity index (χ0n) is 11.2. The van der Waals surface area contributed by atoms with E-state index >= 15 is 0 Å². The normalized spacial score (nSPS) is 16.0. The van der Waals surface area contributed by atoms with E-state index < -0.39 is 36.2 Å². The number of alkyl halides is 6. The molecule has 1 saturated carbocycles. The number of anilines is 1. The van der Waals surface area contributed by atoms with Gasteiger partial charge in [0.2, 0.25) is 0 Å². The highest BCUT2D eigenvalue weighted by molar-refractivity contribution is 5.52. The molecule has 3 nitrogen and oxygen atoms in total. The first kappa shape index (κ1) is 16.4. The van der Waals surface area contributed by atoms with Gasteiger partial charge in [-0.3, -0.25) is 0 Å². The molecule has 1 heterocycles. The molecule has 22 heavy (non-hydrogen) atoms. The molecule has 9 heteroatoms. The van der Waals surface area contributed by atoms with E-state index in [4.69, 9.17) is 5.26 Å². The van der Waals surface area contributed by atoms with Gasteiger partial charge in [-0.05, 0) is 25.3 Å². The molecule has 1 fully saturated rings. The highest BCUT2D eigenvalue weighted by Gasteiger charge is 2.39. The van der Waals surface area contributed by atoms with E-state index in [1.54, 1.807) is 0 Å². The first-order valence-corrected chi connectivity index (χ1v) is 6.42. The van der Waals surface area contributed by atoms with Gasteiger partial charge >= 0.3 is 12.4 Å². The number of nitriles is 1. The van der Waals surface area contributed by atoms with Crippen molar-refractivity contribution >= 4 is 5.69 Å². The van der Waals surface area contributed by atoms with Crippen molar-refractivity contribution in [2.24, 2.45) is 0 Å². The summed E-state index contributed by atoms with van der Waals surface area (Å²) in [5, 5.41) is 8.66. The Labute approximate surface area is 122 Å². The average molecular weight is 323 g/mol. The quantitative estimate of drug-likeness (QED) is 0.792. The first-order chi connectivity index (χ1) is 10.1. The molecule has 0 amide bonds. The van der Waals surface area contributed by atoms with Crippen LogP contribution in [0.25, 0.3) is 0 Å². The number of hydrogen-bond acceptors (Lipinski definition) is 3. The van der Waals surface area contributed by atoms with Crippen molar-refractivity contribution in [1.82, 2.24) is 4.98 Å². The molecule has 1 aromatic heterocycles. The Morgan fingerprint density at radius 3 is 2.27 bits per heavy atom. The molecule has 0 aromatic carbocycles. The van der Waals surface area contributed by atoms with Crippen LogP contribution < -0.4 is 4.90 Å². The van der Waals surface area contributed by atoms with E-state index in [-0.39, 0.29) is 5.69 Å². The molecule has 0 spiro atoms. The molecular formula is C13H11F6N3. The third-order valence-corrected chi connectivity index (χ3v) is 3.48. The largest absolute Gasteiger partial charge is 0.419 e. The lowest BCUT2D eigenvalue weighted by atomic mass is 9.91. The second-order valence-electron chi connectivity index (χ2n) is 5.03. The smallest absolute Gasteiger partial charge is 0.358 e. The Morgan fingerprint density at radius 1 is 1.23 bits per heavy atom. The van der Waals surface area contributed by atoms with Gasteiger partial charge in [0.1, 0.15) is 12.6 Å². The summed E-state index contributed by atoms with van der Waals surface area (Å²) in [7, 11) is 0. The van der Waals surface area contributed by atoms with E-state index in [9.17, 15) is 26.3 Å². The van der Waals surface area contributed by atoms with Crippen LogP contribution in [0.4, 0.5) is 32.0 Å². The van der Waals surface area contributed by atoms with Gasteiger partial charge in [-0.15, -0.1) is 0 Å². The third-order valence-electron chi connectivity index (χ3n) is 3.48. The highest BCUT2D eigenvalue weighted by atomic mass is 19.4. The van der Waals surface area contributed by atoms with Crippen molar-refractivity contribution < 1.29 is 26.3 Å². The van der Waals surface area contributed by atoms with E-state index in [0.717, 1.165) is 17.5 Å². The summed E-state index contributed by atoms with van der Waals surface area (Å²) in [6.45, 7) is -1.34. The van der Waals surface area contributed by atoms with Crippen LogP contribution in [0.1, 0.15) is 30.5 Å². The van der Waals surface area contributed by atoms with Crippen LogP contribution in [0, 0.1) is 11.3 Å². The van der Waals surface area contributed by atoms with E-state index in [1.165, 1.54) is 6.07 Å². The molecule has 1 aliphatic rings. The number of halogens is 6. The Bertz CT molecular complexity index is 583. The van der Waals surface area contributed by atoms with E-state index in [2.05, 4.69) is 4.98 Å². The van der Waals surface area contributed by atoms with E-state index in [0.29, 0.717) is 18.9 Å². The second-order valence-corrected chi connectivity index (χ2v) is 5.03. The van der Waals surface area contributed by atoms with Gasteiger partial charge in [-0.25, -0.2) is 4.98 Å². The molecule has 1 aliphatic carbocycles. The van der Waals surface area contributed by atoms with Crippen LogP contribution in [0.5, 0.6) is 0 Å². The lowest BCUT2D eigenvalue weighted by molar-refractivity contribution is -0.138. The molecule has 2 rings (SSSR count). The molecule has 120 valence electrons. The second kappa shape index (κ2) is 5.66. The summed E-state index contributed by atoms with van der Waals surface area (Å²) >= 11 is 0. The van der Waals surface area contributed by atoms with Crippen molar-refractivity contribution in [3.8, 4) is 6.07 Å². The Kier molecular flexibility index (Phi) is 4.22. The Morgan fingerprint density at radius 2 is 1.86 bits per heavy atom. The average Bonchev–Trinajstić information content (AvgIpc) is 2.32. The van der Waals surface area contributed by atoms with Crippen LogP contribution in [-0.2, 0) is 6.18 Å². The monoisotopic (exact) mass is 323 g/mol. The Hall–Kier alpha value is -1.98. The lowest BCUT2D eigenvalue weighted by Crippen LogP contribution is -2.45. The van der Waals surface area contributed by atoms with Crippen molar-refractivity contribution in [2.45, 2.75) is 37.7 Å². The molecule has 0 aliphatic heterocycles. The molecule has 0 bridgehead atoms. The fourth-order valence-electron chi connectivity index (χ4n) is 2.24. The lowest BCUT2D eigenvalue weighted by Gasteiger charge is -2.39.